The molecule has 4 heteroatoms. The number of hydrogen-bond donors (Lipinski definition) is 1. The summed E-state index contributed by atoms with van der Waals surface area (Å²) >= 11 is 0. The van der Waals surface area contributed by atoms with Gasteiger partial charge in [0, 0.05) is 24.7 Å². The van der Waals surface area contributed by atoms with Gasteiger partial charge in [-0.3, -0.25) is 0 Å². The number of ether oxygens (including phenoxy) is 2. The van der Waals surface area contributed by atoms with Gasteiger partial charge < -0.3 is 20.1 Å². The molecule has 0 saturated carbocycles. The van der Waals surface area contributed by atoms with Gasteiger partial charge in [0.2, 0.25) is 0 Å². The summed E-state index contributed by atoms with van der Waals surface area (Å²) in [5.74, 6) is 1.90. The van der Waals surface area contributed by atoms with Gasteiger partial charge in [-0.25, -0.2) is 0 Å². The number of fused-ring (bicyclic) bond motifs is 1. The SMILES string of the molecule is CN1CCC(Oc2cccc3c2C[C@H](N)CO3)CC1. The molecule has 2 N–H and O–H groups in total. The summed E-state index contributed by atoms with van der Waals surface area (Å²) in [5.41, 5.74) is 7.12. The van der Waals surface area contributed by atoms with Gasteiger partial charge in [0.25, 0.3) is 0 Å². The minimum absolute atomic E-state index is 0.0785. The van der Waals surface area contributed by atoms with E-state index in [0.29, 0.717) is 12.7 Å². The second kappa shape index (κ2) is 5.39. The van der Waals surface area contributed by atoms with Crippen LogP contribution < -0.4 is 15.2 Å². The fourth-order valence-electron chi connectivity index (χ4n) is 2.79. The van der Waals surface area contributed by atoms with E-state index in [2.05, 4.69) is 11.9 Å². The molecule has 4 nitrogen and oxygen atoms in total. The van der Waals surface area contributed by atoms with Gasteiger partial charge in [0.05, 0.1) is 0 Å². The van der Waals surface area contributed by atoms with E-state index in [-0.39, 0.29) is 6.04 Å². The van der Waals surface area contributed by atoms with E-state index in [1.807, 2.05) is 18.2 Å². The number of nitrogens with zero attached hydrogens (tertiary/aromatic N) is 1. The lowest BCUT2D eigenvalue weighted by atomic mass is 10.0. The second-order valence-electron chi connectivity index (χ2n) is 5.63. The van der Waals surface area contributed by atoms with Gasteiger partial charge in [0.15, 0.2) is 0 Å². The van der Waals surface area contributed by atoms with Gasteiger partial charge >= 0.3 is 0 Å². The number of rotatable bonds is 2. The second-order valence-corrected chi connectivity index (χ2v) is 5.63. The van der Waals surface area contributed by atoms with E-state index in [4.69, 9.17) is 15.2 Å². The summed E-state index contributed by atoms with van der Waals surface area (Å²) in [5, 5.41) is 0. The third-order valence-corrected chi connectivity index (χ3v) is 3.97. The molecule has 2 aliphatic rings. The zero-order chi connectivity index (χ0) is 13.2. The molecule has 1 aromatic rings. The van der Waals surface area contributed by atoms with Crippen molar-refractivity contribution in [2.75, 3.05) is 26.7 Å². The minimum Gasteiger partial charge on any atom is -0.492 e. The van der Waals surface area contributed by atoms with Gasteiger partial charge in [-0.15, -0.1) is 0 Å². The number of hydrogen-bond acceptors (Lipinski definition) is 4. The molecule has 1 aromatic carbocycles. The molecule has 2 aliphatic heterocycles. The van der Waals surface area contributed by atoms with Crippen LogP contribution in [0.4, 0.5) is 0 Å². The van der Waals surface area contributed by atoms with Crippen molar-refractivity contribution in [1.82, 2.24) is 4.90 Å². The van der Waals surface area contributed by atoms with E-state index in [1.165, 1.54) is 0 Å². The lowest BCUT2D eigenvalue weighted by Gasteiger charge is -2.31. The molecule has 0 bridgehead atoms. The Labute approximate surface area is 114 Å². The quantitative estimate of drug-likeness (QED) is 0.875. The van der Waals surface area contributed by atoms with Crippen LogP contribution in [0.1, 0.15) is 18.4 Å². The smallest absolute Gasteiger partial charge is 0.126 e. The monoisotopic (exact) mass is 262 g/mol. The molecule has 19 heavy (non-hydrogen) atoms. The molecule has 0 radical (unpaired) electrons. The molecule has 3 rings (SSSR count). The van der Waals surface area contributed by atoms with Crippen LogP contribution in [0.15, 0.2) is 18.2 Å². The number of piperidine rings is 1. The van der Waals surface area contributed by atoms with Crippen LogP contribution in [0.25, 0.3) is 0 Å². The average molecular weight is 262 g/mol. The summed E-state index contributed by atoms with van der Waals surface area (Å²) in [6, 6.07) is 6.12. The Hall–Kier alpha value is -1.26. The standard InChI is InChI=1S/C15H22N2O2/c1-17-7-5-12(6-8-17)19-15-4-2-3-14-13(15)9-11(16)10-18-14/h2-4,11-12H,5-10,16H2,1H3/t11-/m0/s1. The largest absolute Gasteiger partial charge is 0.492 e. The summed E-state index contributed by atoms with van der Waals surface area (Å²) < 4.78 is 11.9. The van der Waals surface area contributed by atoms with Crippen LogP contribution in [-0.2, 0) is 6.42 Å². The first kappa shape index (κ1) is 12.8. The van der Waals surface area contributed by atoms with Gasteiger partial charge in [-0.2, -0.15) is 0 Å². The zero-order valence-electron chi connectivity index (χ0n) is 11.5. The minimum atomic E-state index is 0.0785. The third kappa shape index (κ3) is 2.85. The van der Waals surface area contributed by atoms with E-state index in [9.17, 15) is 0 Å². The van der Waals surface area contributed by atoms with E-state index in [1.54, 1.807) is 0 Å². The Balaban J connectivity index is 1.74. The zero-order valence-corrected chi connectivity index (χ0v) is 11.5. The average Bonchev–Trinajstić information content (AvgIpc) is 2.42. The van der Waals surface area contributed by atoms with Crippen LogP contribution in [0, 0.1) is 0 Å². The van der Waals surface area contributed by atoms with Crippen molar-refractivity contribution < 1.29 is 9.47 Å². The molecule has 1 atom stereocenters. The lowest BCUT2D eigenvalue weighted by molar-refractivity contribution is 0.112. The molecule has 1 fully saturated rings. The topological polar surface area (TPSA) is 47.7 Å². The highest BCUT2D eigenvalue weighted by molar-refractivity contribution is 5.46. The van der Waals surface area contributed by atoms with Crippen LogP contribution >= 0.6 is 0 Å². The molecule has 0 aromatic heterocycles. The Kier molecular flexibility index (Phi) is 3.62. The molecular weight excluding hydrogens is 240 g/mol. The molecule has 0 unspecified atom stereocenters. The van der Waals surface area contributed by atoms with Crippen LogP contribution in [0.5, 0.6) is 11.5 Å². The number of benzene rings is 1. The maximum absolute atomic E-state index is 6.19. The fourth-order valence-corrected chi connectivity index (χ4v) is 2.79. The van der Waals surface area contributed by atoms with Crippen molar-refractivity contribution in [1.29, 1.82) is 0 Å². The van der Waals surface area contributed by atoms with Crippen molar-refractivity contribution in [2.45, 2.75) is 31.4 Å². The van der Waals surface area contributed by atoms with E-state index >= 15 is 0 Å². The van der Waals surface area contributed by atoms with Crippen molar-refractivity contribution in [3.63, 3.8) is 0 Å². The van der Waals surface area contributed by atoms with Gasteiger partial charge in [-0.05, 0) is 38.4 Å². The summed E-state index contributed by atoms with van der Waals surface area (Å²) in [6.07, 6.45) is 3.35. The first-order valence-corrected chi connectivity index (χ1v) is 7.08. The predicted octanol–water partition coefficient (Wildman–Crippen LogP) is 1.42. The van der Waals surface area contributed by atoms with E-state index in [0.717, 1.165) is 49.4 Å². The van der Waals surface area contributed by atoms with Crippen molar-refractivity contribution in [3.8, 4) is 11.5 Å². The molecular formula is C15H22N2O2. The number of likely N-dealkylation sites (tertiary alicyclic amines) is 1. The Morgan fingerprint density at radius 3 is 2.89 bits per heavy atom. The highest BCUT2D eigenvalue weighted by atomic mass is 16.5. The third-order valence-electron chi connectivity index (χ3n) is 3.97. The lowest BCUT2D eigenvalue weighted by Crippen LogP contribution is -2.37. The summed E-state index contributed by atoms with van der Waals surface area (Å²) in [7, 11) is 2.16. The van der Waals surface area contributed by atoms with E-state index < -0.39 is 0 Å². The maximum atomic E-state index is 6.19. The number of nitrogens with two attached hydrogens (primary N) is 1. The Morgan fingerprint density at radius 1 is 1.32 bits per heavy atom. The van der Waals surface area contributed by atoms with Crippen molar-refractivity contribution in [2.24, 2.45) is 5.73 Å². The Bertz CT molecular complexity index is 442. The molecule has 2 heterocycles. The van der Waals surface area contributed by atoms with Crippen LogP contribution in [0.3, 0.4) is 0 Å². The van der Waals surface area contributed by atoms with Crippen LogP contribution in [-0.4, -0.2) is 43.8 Å². The van der Waals surface area contributed by atoms with Gasteiger partial charge in [-0.1, -0.05) is 6.07 Å². The van der Waals surface area contributed by atoms with Crippen molar-refractivity contribution >= 4 is 0 Å². The van der Waals surface area contributed by atoms with Crippen LogP contribution in [0.2, 0.25) is 0 Å². The Morgan fingerprint density at radius 2 is 2.11 bits per heavy atom. The molecule has 0 amide bonds. The van der Waals surface area contributed by atoms with Gasteiger partial charge in [0.1, 0.15) is 24.2 Å². The fraction of sp³-hybridized carbons (Fsp3) is 0.600. The molecule has 1 saturated heterocycles. The molecule has 0 aliphatic carbocycles. The highest BCUT2D eigenvalue weighted by Crippen LogP contribution is 2.33. The first-order chi connectivity index (χ1) is 9.22. The normalized spacial score (nSPS) is 24.6. The summed E-state index contributed by atoms with van der Waals surface area (Å²) in [6.45, 7) is 2.82. The van der Waals surface area contributed by atoms with Crippen molar-refractivity contribution in [3.05, 3.63) is 23.8 Å². The summed E-state index contributed by atoms with van der Waals surface area (Å²) in [4.78, 5) is 2.35. The predicted molar refractivity (Wildman–Crippen MR) is 74.8 cm³/mol. The molecule has 104 valence electrons. The molecule has 0 spiro atoms. The highest BCUT2D eigenvalue weighted by Gasteiger charge is 2.23. The maximum Gasteiger partial charge on any atom is 0.126 e. The first-order valence-electron chi connectivity index (χ1n) is 7.08.